The largest absolute Gasteiger partial charge is 0.504 e. The zero-order valence-electron chi connectivity index (χ0n) is 19.1. The number of Topliss-reactive ketones (excluding diaryl/α,β-unsaturated/α-hetero) is 1. The van der Waals surface area contributed by atoms with Gasteiger partial charge in [0.05, 0.1) is 13.3 Å². The van der Waals surface area contributed by atoms with Crippen LogP contribution in [0.5, 0.6) is 11.5 Å². The molecular formula is C25H24N2O7. The van der Waals surface area contributed by atoms with E-state index in [0.717, 1.165) is 5.56 Å². The van der Waals surface area contributed by atoms with Crippen LogP contribution in [0.2, 0.25) is 0 Å². The number of phenols is 1. The summed E-state index contributed by atoms with van der Waals surface area (Å²) < 4.78 is 16.6. The number of benzene rings is 2. The molecule has 34 heavy (non-hydrogen) atoms. The van der Waals surface area contributed by atoms with Crippen molar-refractivity contribution in [3.63, 3.8) is 0 Å². The minimum atomic E-state index is -1.93. The van der Waals surface area contributed by atoms with E-state index in [0.29, 0.717) is 11.1 Å². The number of fused-ring (bicyclic) bond motifs is 4. The van der Waals surface area contributed by atoms with Crippen molar-refractivity contribution < 1.29 is 33.7 Å². The third-order valence-electron chi connectivity index (χ3n) is 6.74. The van der Waals surface area contributed by atoms with Crippen molar-refractivity contribution in [3.05, 3.63) is 59.2 Å². The summed E-state index contributed by atoms with van der Waals surface area (Å²) >= 11 is 0. The summed E-state index contributed by atoms with van der Waals surface area (Å²) in [5.41, 5.74) is -0.113. The van der Waals surface area contributed by atoms with Crippen LogP contribution in [-0.2, 0) is 23.9 Å². The smallest absolute Gasteiger partial charge is 0.330 e. The summed E-state index contributed by atoms with van der Waals surface area (Å²) in [6, 6.07) is 9.82. The highest BCUT2D eigenvalue weighted by Crippen LogP contribution is 2.62. The monoisotopic (exact) mass is 464 g/mol. The number of cyclic esters (lactones) is 2. The van der Waals surface area contributed by atoms with Crippen molar-refractivity contribution in [2.45, 2.75) is 44.6 Å². The van der Waals surface area contributed by atoms with Crippen LogP contribution in [0.4, 0.5) is 0 Å². The summed E-state index contributed by atoms with van der Waals surface area (Å²) in [5.74, 6) is -4.35. The molecule has 1 spiro atoms. The molecule has 2 aromatic rings. The van der Waals surface area contributed by atoms with Gasteiger partial charge in [0, 0.05) is 19.8 Å². The van der Waals surface area contributed by atoms with Gasteiger partial charge in [0.15, 0.2) is 17.3 Å². The molecule has 0 aliphatic carbocycles. The number of phenolic OH excluding ortho intramolecular Hbond substituents is 1. The molecule has 2 saturated heterocycles. The van der Waals surface area contributed by atoms with Crippen LogP contribution in [-0.4, -0.2) is 53.0 Å². The Kier molecular flexibility index (Phi) is 4.72. The first-order chi connectivity index (χ1) is 16.1. The normalized spacial score (nSPS) is 25.9. The summed E-state index contributed by atoms with van der Waals surface area (Å²) in [5, 5.41) is 16.2. The van der Waals surface area contributed by atoms with E-state index in [9.17, 15) is 19.5 Å². The Hall–Kier alpha value is -3.88. The molecule has 2 fully saturated rings. The van der Waals surface area contributed by atoms with E-state index in [4.69, 9.17) is 14.2 Å². The van der Waals surface area contributed by atoms with Gasteiger partial charge in [-0.1, -0.05) is 30.3 Å². The number of aromatic hydroxyl groups is 1. The second-order valence-corrected chi connectivity index (χ2v) is 9.17. The number of ketones is 1. The van der Waals surface area contributed by atoms with Gasteiger partial charge < -0.3 is 19.3 Å². The van der Waals surface area contributed by atoms with Crippen molar-refractivity contribution in [1.29, 1.82) is 0 Å². The van der Waals surface area contributed by atoms with Gasteiger partial charge in [-0.05, 0) is 35.7 Å². The van der Waals surface area contributed by atoms with Gasteiger partial charge in [0.1, 0.15) is 12.1 Å². The fourth-order valence-corrected chi connectivity index (χ4v) is 5.42. The van der Waals surface area contributed by atoms with Crippen LogP contribution in [0.15, 0.2) is 47.6 Å². The van der Waals surface area contributed by atoms with Crippen LogP contribution in [0.3, 0.4) is 0 Å². The maximum atomic E-state index is 13.9. The number of methoxy groups -OCH3 is 1. The first kappa shape index (κ1) is 21.9. The molecule has 1 N–H and O–H groups in total. The van der Waals surface area contributed by atoms with Gasteiger partial charge in [-0.3, -0.25) is 19.4 Å². The number of hydrazone groups is 1. The van der Waals surface area contributed by atoms with Crippen molar-refractivity contribution in [2.75, 3.05) is 7.11 Å². The number of esters is 2. The Morgan fingerprint density at radius 1 is 1.12 bits per heavy atom. The summed E-state index contributed by atoms with van der Waals surface area (Å²) in [7, 11) is 1.39. The van der Waals surface area contributed by atoms with E-state index in [1.54, 1.807) is 24.4 Å². The van der Waals surface area contributed by atoms with Crippen LogP contribution in [0.1, 0.15) is 49.4 Å². The van der Waals surface area contributed by atoms with Crippen LogP contribution < -0.4 is 4.74 Å². The van der Waals surface area contributed by atoms with Gasteiger partial charge in [-0.25, -0.2) is 0 Å². The average Bonchev–Trinajstić information content (AvgIpc) is 3.10. The highest BCUT2D eigenvalue weighted by Gasteiger charge is 2.74. The van der Waals surface area contributed by atoms with E-state index in [1.807, 2.05) is 12.1 Å². The number of rotatable bonds is 3. The second kappa shape index (κ2) is 7.31. The Morgan fingerprint density at radius 2 is 1.79 bits per heavy atom. The molecule has 3 aliphatic heterocycles. The zero-order valence-corrected chi connectivity index (χ0v) is 19.1. The standard InChI is InChI=1S/C25H24N2O7/c1-13(28)20-19(14-9-10-17(29)18(11-14)32-4)25(22(30)33-24(2,3)34-23(25)31)21-16-8-6-5-7-15(16)12-26-27(20)21/h5-12,19-21,29H,1-4H3/t19-,20-,21?/m0/s1. The maximum Gasteiger partial charge on any atom is 0.330 e. The Labute approximate surface area is 195 Å². The van der Waals surface area contributed by atoms with Crippen LogP contribution >= 0.6 is 0 Å². The molecule has 3 aliphatic rings. The van der Waals surface area contributed by atoms with Crippen LogP contribution in [0.25, 0.3) is 0 Å². The van der Waals surface area contributed by atoms with E-state index in [2.05, 4.69) is 5.10 Å². The molecule has 0 radical (unpaired) electrons. The molecule has 176 valence electrons. The van der Waals surface area contributed by atoms with Crippen molar-refractivity contribution in [1.82, 2.24) is 5.01 Å². The molecule has 3 atom stereocenters. The number of nitrogens with zero attached hydrogens (tertiary/aromatic N) is 2. The summed E-state index contributed by atoms with van der Waals surface area (Å²) in [6.45, 7) is 4.36. The maximum absolute atomic E-state index is 13.9. The predicted octanol–water partition coefficient (Wildman–Crippen LogP) is 2.67. The lowest BCUT2D eigenvalue weighted by Crippen LogP contribution is -2.58. The molecule has 2 aromatic carbocycles. The molecule has 0 bridgehead atoms. The molecule has 0 aromatic heterocycles. The number of hydrogen-bond donors (Lipinski definition) is 1. The SMILES string of the molecule is COc1cc([C@H]2[C@H](C(C)=O)N3N=Cc4ccccc4C3C23C(=O)OC(C)(C)OC3=O)ccc1O. The van der Waals surface area contributed by atoms with Crippen LogP contribution in [0, 0.1) is 5.41 Å². The second-order valence-electron chi connectivity index (χ2n) is 9.17. The van der Waals surface area contributed by atoms with Gasteiger partial charge in [-0.2, -0.15) is 5.10 Å². The first-order valence-electron chi connectivity index (χ1n) is 10.9. The minimum Gasteiger partial charge on any atom is -0.504 e. The lowest BCUT2D eigenvalue weighted by molar-refractivity contribution is -0.254. The number of ether oxygens (including phenoxy) is 3. The van der Waals surface area contributed by atoms with E-state index >= 15 is 0 Å². The Balaban J connectivity index is 1.83. The van der Waals surface area contributed by atoms with Crippen molar-refractivity contribution in [2.24, 2.45) is 10.5 Å². The van der Waals surface area contributed by atoms with E-state index in [-0.39, 0.29) is 17.3 Å². The molecule has 0 amide bonds. The van der Waals surface area contributed by atoms with E-state index < -0.39 is 41.1 Å². The quantitative estimate of drug-likeness (QED) is 0.545. The lowest BCUT2D eigenvalue weighted by atomic mass is 9.65. The topological polar surface area (TPSA) is 115 Å². The van der Waals surface area contributed by atoms with Gasteiger partial charge in [0.25, 0.3) is 5.79 Å². The Bertz CT molecular complexity index is 1230. The summed E-state index contributed by atoms with van der Waals surface area (Å²) in [4.78, 5) is 40.9. The van der Waals surface area contributed by atoms with E-state index in [1.165, 1.54) is 45.0 Å². The lowest BCUT2D eigenvalue weighted by Gasteiger charge is -2.44. The van der Waals surface area contributed by atoms with Crippen molar-refractivity contribution >= 4 is 23.9 Å². The predicted molar refractivity (Wildman–Crippen MR) is 119 cm³/mol. The van der Waals surface area contributed by atoms with Gasteiger partial charge >= 0.3 is 11.9 Å². The van der Waals surface area contributed by atoms with Gasteiger partial charge in [0.2, 0.25) is 5.41 Å². The fourth-order valence-electron chi connectivity index (χ4n) is 5.42. The highest BCUT2D eigenvalue weighted by atomic mass is 16.7. The first-order valence-corrected chi connectivity index (χ1v) is 10.9. The number of carbonyl (C=O) groups excluding carboxylic acids is 3. The molecule has 9 heteroatoms. The molecule has 9 nitrogen and oxygen atoms in total. The molecule has 0 saturated carbocycles. The zero-order chi connectivity index (χ0) is 24.4. The van der Waals surface area contributed by atoms with Crippen molar-refractivity contribution in [3.8, 4) is 11.5 Å². The Morgan fingerprint density at radius 3 is 2.44 bits per heavy atom. The molecular weight excluding hydrogens is 440 g/mol. The molecule has 5 rings (SSSR count). The number of hydrogen-bond acceptors (Lipinski definition) is 9. The summed E-state index contributed by atoms with van der Waals surface area (Å²) in [6.07, 6.45) is 1.61. The molecule has 3 heterocycles. The minimum absolute atomic E-state index is 0.117. The fraction of sp³-hybridized carbons (Fsp3) is 0.360. The molecule has 1 unspecified atom stereocenters. The third kappa shape index (κ3) is 2.85. The number of carbonyl (C=O) groups is 3. The highest BCUT2D eigenvalue weighted by molar-refractivity contribution is 6.07. The average molecular weight is 464 g/mol. The third-order valence-corrected chi connectivity index (χ3v) is 6.74. The van der Waals surface area contributed by atoms with Gasteiger partial charge in [-0.15, -0.1) is 0 Å².